The van der Waals surface area contributed by atoms with Crippen LogP contribution in [0.5, 0.6) is 11.6 Å². The van der Waals surface area contributed by atoms with Gasteiger partial charge in [-0.2, -0.15) is 0 Å². The van der Waals surface area contributed by atoms with E-state index in [9.17, 15) is 34.8 Å². The summed E-state index contributed by atoms with van der Waals surface area (Å²) in [6, 6.07) is 3.93. The van der Waals surface area contributed by atoms with Gasteiger partial charge in [-0.25, -0.2) is 4.98 Å². The Labute approximate surface area is 236 Å². The molecule has 3 aliphatic rings. The van der Waals surface area contributed by atoms with Gasteiger partial charge in [0.2, 0.25) is 11.7 Å². The van der Waals surface area contributed by atoms with Crippen LogP contribution in [0.4, 0.5) is 5.69 Å². The molecular weight excluding hydrogens is 532 g/mol. The van der Waals surface area contributed by atoms with Crippen LogP contribution in [0.25, 0.3) is 16.9 Å². The number of methoxy groups -OCH3 is 1. The molecule has 12 nitrogen and oxygen atoms in total. The molecule has 0 spiro atoms. The summed E-state index contributed by atoms with van der Waals surface area (Å²) in [5.74, 6) is -6.53. The molecule has 0 unspecified atom stereocenters. The molecule has 12 heteroatoms. The molecule has 0 aliphatic heterocycles. The number of aliphatic hydroxyl groups excluding tert-OH is 2. The lowest BCUT2D eigenvalue weighted by Crippen LogP contribution is -2.65. The maximum absolute atomic E-state index is 14.1. The van der Waals surface area contributed by atoms with E-state index in [0.29, 0.717) is 28.3 Å². The Kier molecular flexibility index (Phi) is 6.58. The predicted octanol–water partition coefficient (Wildman–Crippen LogP) is 1.10. The van der Waals surface area contributed by atoms with Crippen LogP contribution in [0.2, 0.25) is 0 Å². The number of hydrogen-bond acceptors (Lipinski definition) is 11. The fourth-order valence-corrected chi connectivity index (χ4v) is 6.57. The molecule has 216 valence electrons. The van der Waals surface area contributed by atoms with Crippen molar-refractivity contribution in [3.63, 3.8) is 0 Å². The summed E-state index contributed by atoms with van der Waals surface area (Å²) in [4.78, 5) is 47.0. The second kappa shape index (κ2) is 9.60. The first-order valence-electron chi connectivity index (χ1n) is 13.0. The predicted molar refractivity (Wildman–Crippen MR) is 148 cm³/mol. The van der Waals surface area contributed by atoms with Crippen LogP contribution in [0.1, 0.15) is 17.5 Å². The molecule has 41 heavy (non-hydrogen) atoms. The van der Waals surface area contributed by atoms with Crippen molar-refractivity contribution < 1.29 is 39.5 Å². The van der Waals surface area contributed by atoms with Gasteiger partial charge in [-0.15, -0.1) is 0 Å². The zero-order valence-electron chi connectivity index (χ0n) is 23.3. The summed E-state index contributed by atoms with van der Waals surface area (Å²) in [6.07, 6.45) is 1.71. The van der Waals surface area contributed by atoms with Gasteiger partial charge in [0.1, 0.15) is 22.8 Å². The third-order valence-corrected chi connectivity index (χ3v) is 8.44. The first-order chi connectivity index (χ1) is 19.2. The fourth-order valence-electron chi connectivity index (χ4n) is 6.57. The summed E-state index contributed by atoms with van der Waals surface area (Å²) >= 11 is 0. The Hall–Kier alpha value is -4.42. The quantitative estimate of drug-likeness (QED) is 0.327. The molecule has 1 aromatic heterocycles. The summed E-state index contributed by atoms with van der Waals surface area (Å²) in [5.41, 5.74) is 3.75. The summed E-state index contributed by atoms with van der Waals surface area (Å²) in [7, 11) is 8.21. The molecule has 1 fully saturated rings. The number of nitrogens with two attached hydrogens (primary N) is 1. The number of ether oxygens (including phenoxy) is 1. The van der Waals surface area contributed by atoms with E-state index < -0.39 is 58.0 Å². The van der Waals surface area contributed by atoms with Crippen molar-refractivity contribution in [3.05, 3.63) is 52.4 Å². The van der Waals surface area contributed by atoms with E-state index in [2.05, 4.69) is 4.98 Å². The highest BCUT2D eigenvalue weighted by atomic mass is 16.5. The van der Waals surface area contributed by atoms with Crippen molar-refractivity contribution in [2.75, 3.05) is 40.2 Å². The SMILES string of the molecule is COc1ccc(-c2cc(N(C)C)c3c(c2O)C(O)=C2C(=O)[C@]4(O)C(O)=C(C(N)=O)C(=O)[C@@H](N(C)C)[C@@H]4C[C@@H]2C3)cn1. The minimum atomic E-state index is -2.69. The number of aliphatic hydroxyl groups is 3. The molecule has 3 aliphatic carbocycles. The highest BCUT2D eigenvalue weighted by Crippen LogP contribution is 2.54. The number of aromatic hydroxyl groups is 1. The molecule has 6 N–H and O–H groups in total. The van der Waals surface area contributed by atoms with Crippen LogP contribution >= 0.6 is 0 Å². The third-order valence-electron chi connectivity index (χ3n) is 8.44. The van der Waals surface area contributed by atoms with Crippen molar-refractivity contribution in [1.82, 2.24) is 9.88 Å². The molecule has 1 heterocycles. The normalized spacial score (nSPS) is 25.6. The van der Waals surface area contributed by atoms with Gasteiger partial charge in [0, 0.05) is 54.7 Å². The fraction of sp³-hybridized carbons (Fsp3) is 0.379. The highest BCUT2D eigenvalue weighted by molar-refractivity contribution is 6.24. The topological polar surface area (TPSA) is 187 Å². The van der Waals surface area contributed by atoms with Gasteiger partial charge in [0.25, 0.3) is 5.91 Å². The zero-order chi connectivity index (χ0) is 30.1. The summed E-state index contributed by atoms with van der Waals surface area (Å²) in [5, 5.41) is 45.9. The van der Waals surface area contributed by atoms with Crippen molar-refractivity contribution in [3.8, 4) is 22.8 Å². The van der Waals surface area contributed by atoms with Crippen LogP contribution in [0.3, 0.4) is 0 Å². The smallest absolute Gasteiger partial charge is 0.255 e. The van der Waals surface area contributed by atoms with Crippen LogP contribution < -0.4 is 15.4 Å². The number of phenolic OH excluding ortho intramolecular Hbond substituents is 1. The number of carbonyl (C=O) groups is 3. The van der Waals surface area contributed by atoms with E-state index in [1.807, 2.05) is 4.90 Å². The van der Waals surface area contributed by atoms with Crippen molar-refractivity contribution >= 4 is 28.9 Å². The Morgan fingerprint density at radius 1 is 1.15 bits per heavy atom. The van der Waals surface area contributed by atoms with Gasteiger partial charge < -0.3 is 35.8 Å². The Bertz CT molecular complexity index is 1560. The van der Waals surface area contributed by atoms with Crippen LogP contribution in [-0.2, 0) is 20.8 Å². The second-order valence-electron chi connectivity index (χ2n) is 11.1. The number of likely N-dealkylation sites (N-methyl/N-ethyl adjacent to an activating group) is 1. The Morgan fingerprint density at radius 2 is 1.83 bits per heavy atom. The van der Waals surface area contributed by atoms with Crippen LogP contribution in [0.15, 0.2) is 41.3 Å². The summed E-state index contributed by atoms with van der Waals surface area (Å²) in [6.45, 7) is 0. The van der Waals surface area contributed by atoms with Gasteiger partial charge in [0.05, 0.1) is 18.7 Å². The largest absolute Gasteiger partial charge is 0.508 e. The number of carbonyl (C=O) groups excluding carboxylic acids is 3. The number of phenols is 1. The number of primary amides is 1. The molecule has 4 atom stereocenters. The number of pyridine rings is 1. The summed E-state index contributed by atoms with van der Waals surface area (Å²) < 4.78 is 5.12. The number of benzene rings is 1. The lowest BCUT2D eigenvalue weighted by atomic mass is 9.57. The molecule has 0 saturated heterocycles. The molecule has 1 amide bonds. The van der Waals surface area contributed by atoms with E-state index in [4.69, 9.17) is 10.5 Å². The number of aromatic nitrogens is 1. The van der Waals surface area contributed by atoms with E-state index in [-0.39, 0.29) is 29.7 Å². The molecule has 1 saturated carbocycles. The van der Waals surface area contributed by atoms with Gasteiger partial charge >= 0.3 is 0 Å². The Morgan fingerprint density at radius 3 is 2.37 bits per heavy atom. The van der Waals surface area contributed by atoms with Crippen LogP contribution in [-0.4, -0.2) is 94.7 Å². The van der Waals surface area contributed by atoms with Crippen molar-refractivity contribution in [1.29, 1.82) is 0 Å². The first-order valence-corrected chi connectivity index (χ1v) is 13.0. The lowest BCUT2D eigenvalue weighted by Gasteiger charge is -2.50. The number of fused-ring (bicyclic) bond motifs is 3. The standard InChI is InChI=1S/C29H32N4O8/c1-32(2)17-10-14(12-6-7-18(41-5)31-11-12)23(34)20-15(17)8-13-9-16-22(33(3)4)25(36)21(28(30)39)27(38)29(16,40)26(37)19(13)24(20)35/h6-7,10-11,13,16,22,34-35,38,40H,8-9H2,1-5H3,(H2,30,39)/t13-,16-,22-,29-/m0/s1. The van der Waals surface area contributed by atoms with Gasteiger partial charge in [-0.1, -0.05) is 0 Å². The number of hydrogen-bond donors (Lipinski definition) is 5. The lowest BCUT2D eigenvalue weighted by molar-refractivity contribution is -0.153. The molecule has 0 bridgehead atoms. The monoisotopic (exact) mass is 564 g/mol. The first kappa shape index (κ1) is 28.1. The van der Waals surface area contributed by atoms with Gasteiger partial charge in [-0.05, 0) is 50.6 Å². The number of Topliss-reactive ketones (excluding diaryl/α,β-unsaturated/α-hetero) is 2. The maximum atomic E-state index is 14.1. The van der Waals surface area contributed by atoms with E-state index in [0.717, 1.165) is 0 Å². The molecule has 1 aromatic carbocycles. The minimum Gasteiger partial charge on any atom is -0.508 e. The maximum Gasteiger partial charge on any atom is 0.255 e. The number of anilines is 1. The zero-order valence-corrected chi connectivity index (χ0v) is 23.3. The average Bonchev–Trinajstić information content (AvgIpc) is 2.90. The molecule has 0 radical (unpaired) electrons. The van der Waals surface area contributed by atoms with Gasteiger partial charge in [-0.3, -0.25) is 19.3 Å². The van der Waals surface area contributed by atoms with E-state index >= 15 is 0 Å². The average molecular weight is 565 g/mol. The molecule has 2 aromatic rings. The number of ketones is 2. The van der Waals surface area contributed by atoms with Gasteiger partial charge in [0.15, 0.2) is 11.4 Å². The number of rotatable bonds is 5. The highest BCUT2D eigenvalue weighted by Gasteiger charge is 2.64. The van der Waals surface area contributed by atoms with Crippen molar-refractivity contribution in [2.24, 2.45) is 17.6 Å². The molecular formula is C29H32N4O8. The van der Waals surface area contributed by atoms with E-state index in [1.165, 1.54) is 18.2 Å². The third kappa shape index (κ3) is 3.89. The van der Waals surface area contributed by atoms with Crippen molar-refractivity contribution in [2.45, 2.75) is 24.5 Å². The number of nitrogens with zero attached hydrogens (tertiary/aromatic N) is 3. The second-order valence-corrected chi connectivity index (χ2v) is 11.1. The number of amides is 1. The van der Waals surface area contributed by atoms with Crippen LogP contribution in [0, 0.1) is 11.8 Å². The Balaban J connectivity index is 1.76. The minimum absolute atomic E-state index is 0.0123. The molecule has 5 rings (SSSR count). The van der Waals surface area contributed by atoms with E-state index in [1.54, 1.807) is 46.4 Å².